The predicted octanol–water partition coefficient (Wildman–Crippen LogP) is 2.92. The van der Waals surface area contributed by atoms with E-state index in [-0.39, 0.29) is 10.8 Å². The smallest absolute Gasteiger partial charge is 0.261 e. The van der Waals surface area contributed by atoms with Crippen LogP contribution in [0.3, 0.4) is 0 Å². The Balaban J connectivity index is 1.67. The summed E-state index contributed by atoms with van der Waals surface area (Å²) in [4.78, 5) is 14.9. The van der Waals surface area contributed by atoms with Gasteiger partial charge < -0.3 is 15.5 Å². The van der Waals surface area contributed by atoms with Crippen LogP contribution in [-0.4, -0.2) is 47.0 Å². The minimum Gasteiger partial charge on any atom is -0.367 e. The number of carbonyl (C=O) groups excluding carboxylic acids is 1. The van der Waals surface area contributed by atoms with Gasteiger partial charge in [0.1, 0.15) is 0 Å². The third-order valence-electron chi connectivity index (χ3n) is 6.13. The van der Waals surface area contributed by atoms with Crippen LogP contribution in [0.25, 0.3) is 0 Å². The molecule has 0 saturated carbocycles. The number of sulfonamides is 1. The first-order valence-corrected chi connectivity index (χ1v) is 13.0. The Morgan fingerprint density at radius 1 is 1.03 bits per heavy atom. The third kappa shape index (κ3) is 5.07. The zero-order valence-corrected chi connectivity index (χ0v) is 19.4. The molecule has 1 amide bonds. The summed E-state index contributed by atoms with van der Waals surface area (Å²) >= 11 is 0. The van der Waals surface area contributed by atoms with Gasteiger partial charge in [-0.3, -0.25) is 9.52 Å². The van der Waals surface area contributed by atoms with Gasteiger partial charge in [0, 0.05) is 38.3 Å². The third-order valence-corrected chi connectivity index (χ3v) is 7.49. The molecule has 1 aliphatic carbocycles. The largest absolute Gasteiger partial charge is 0.367 e. The van der Waals surface area contributed by atoms with E-state index in [9.17, 15) is 13.2 Å². The molecule has 1 saturated heterocycles. The number of hydrogen-bond donors (Lipinski definition) is 3. The van der Waals surface area contributed by atoms with Gasteiger partial charge in [-0.05, 0) is 73.6 Å². The predicted molar refractivity (Wildman–Crippen MR) is 128 cm³/mol. The Hall–Kier alpha value is -2.58. The summed E-state index contributed by atoms with van der Waals surface area (Å²) in [5.41, 5.74) is 4.04. The highest BCUT2D eigenvalue weighted by Gasteiger charge is 2.22. The number of nitrogens with zero attached hydrogens (tertiary/aromatic N) is 1. The van der Waals surface area contributed by atoms with E-state index in [1.807, 2.05) is 19.1 Å². The summed E-state index contributed by atoms with van der Waals surface area (Å²) in [6, 6.07) is 10.7. The van der Waals surface area contributed by atoms with Crippen LogP contribution >= 0.6 is 0 Å². The second kappa shape index (κ2) is 9.92. The SMILES string of the molecule is CCCNC(=O)c1ccc(N2CCNCC2)c(NS(=O)(=O)c2ccc3c(c2)CCCC3)c1. The van der Waals surface area contributed by atoms with Gasteiger partial charge in [-0.2, -0.15) is 0 Å². The van der Waals surface area contributed by atoms with Crippen molar-refractivity contribution >= 4 is 27.3 Å². The van der Waals surface area contributed by atoms with Crippen LogP contribution in [0.2, 0.25) is 0 Å². The molecule has 2 aromatic carbocycles. The fourth-order valence-corrected chi connectivity index (χ4v) is 5.48. The summed E-state index contributed by atoms with van der Waals surface area (Å²) in [5.74, 6) is -0.201. The van der Waals surface area contributed by atoms with E-state index in [2.05, 4.69) is 20.3 Å². The molecule has 2 aromatic rings. The molecule has 0 unspecified atom stereocenters. The summed E-state index contributed by atoms with van der Waals surface area (Å²) in [6.07, 6.45) is 5.00. The molecule has 0 spiro atoms. The molecular formula is C24H32N4O3S. The summed E-state index contributed by atoms with van der Waals surface area (Å²) in [5, 5.41) is 6.18. The van der Waals surface area contributed by atoms with Gasteiger partial charge in [0.2, 0.25) is 0 Å². The van der Waals surface area contributed by atoms with E-state index < -0.39 is 10.0 Å². The first-order valence-electron chi connectivity index (χ1n) is 11.5. The highest BCUT2D eigenvalue weighted by atomic mass is 32.2. The highest BCUT2D eigenvalue weighted by Crippen LogP contribution is 2.31. The Morgan fingerprint density at radius 2 is 1.78 bits per heavy atom. The van der Waals surface area contributed by atoms with Gasteiger partial charge in [-0.1, -0.05) is 13.0 Å². The van der Waals surface area contributed by atoms with Gasteiger partial charge in [-0.15, -0.1) is 0 Å². The molecule has 1 aliphatic heterocycles. The molecule has 7 nitrogen and oxygen atoms in total. The Kier molecular flexibility index (Phi) is 7.01. The maximum absolute atomic E-state index is 13.3. The monoisotopic (exact) mass is 456 g/mol. The molecule has 0 atom stereocenters. The van der Waals surface area contributed by atoms with Crippen molar-refractivity contribution < 1.29 is 13.2 Å². The minimum absolute atomic E-state index is 0.201. The maximum Gasteiger partial charge on any atom is 0.261 e. The average molecular weight is 457 g/mol. The number of piperazine rings is 1. The van der Waals surface area contributed by atoms with Crippen molar-refractivity contribution in [3.63, 3.8) is 0 Å². The van der Waals surface area contributed by atoms with Crippen LogP contribution in [0.4, 0.5) is 11.4 Å². The molecule has 2 aliphatic rings. The van der Waals surface area contributed by atoms with E-state index in [1.54, 1.807) is 24.3 Å². The molecule has 32 heavy (non-hydrogen) atoms. The fraction of sp³-hybridized carbons (Fsp3) is 0.458. The van der Waals surface area contributed by atoms with Crippen molar-refractivity contribution in [2.75, 3.05) is 42.3 Å². The van der Waals surface area contributed by atoms with E-state index in [1.165, 1.54) is 5.56 Å². The van der Waals surface area contributed by atoms with Crippen molar-refractivity contribution in [3.05, 3.63) is 53.1 Å². The van der Waals surface area contributed by atoms with E-state index in [0.29, 0.717) is 17.8 Å². The summed E-state index contributed by atoms with van der Waals surface area (Å²) in [7, 11) is -3.79. The first-order chi connectivity index (χ1) is 15.5. The standard InChI is InChI=1S/C24H32N4O3S/c1-2-11-26-24(29)20-8-10-23(28-14-12-25-13-15-28)22(17-20)27-32(30,31)21-9-7-18-5-3-4-6-19(18)16-21/h7-10,16-17,25,27H,2-6,11-15H2,1H3,(H,26,29). The number of rotatable bonds is 7. The van der Waals surface area contributed by atoms with Crippen molar-refractivity contribution in [3.8, 4) is 0 Å². The van der Waals surface area contributed by atoms with Gasteiger partial charge in [0.15, 0.2) is 0 Å². The lowest BCUT2D eigenvalue weighted by Gasteiger charge is -2.31. The summed E-state index contributed by atoms with van der Waals surface area (Å²) in [6.45, 7) is 5.77. The van der Waals surface area contributed by atoms with Crippen molar-refractivity contribution in [2.24, 2.45) is 0 Å². The second-order valence-corrected chi connectivity index (χ2v) is 10.2. The number of anilines is 2. The number of amides is 1. The number of aryl methyl sites for hydroxylation is 2. The molecule has 0 bridgehead atoms. The lowest BCUT2D eigenvalue weighted by molar-refractivity contribution is 0.0953. The Morgan fingerprint density at radius 3 is 2.53 bits per heavy atom. The zero-order chi connectivity index (χ0) is 22.6. The number of nitrogens with one attached hydrogen (secondary N) is 3. The molecule has 3 N–H and O–H groups in total. The number of carbonyl (C=O) groups is 1. The van der Waals surface area contributed by atoms with Crippen molar-refractivity contribution in [1.82, 2.24) is 10.6 Å². The average Bonchev–Trinajstić information content (AvgIpc) is 2.82. The molecule has 8 heteroatoms. The lowest BCUT2D eigenvalue weighted by atomic mass is 9.92. The van der Waals surface area contributed by atoms with E-state index in [0.717, 1.165) is 69.5 Å². The highest BCUT2D eigenvalue weighted by molar-refractivity contribution is 7.92. The molecular weight excluding hydrogens is 424 g/mol. The summed E-state index contributed by atoms with van der Waals surface area (Å²) < 4.78 is 29.5. The van der Waals surface area contributed by atoms with Crippen LogP contribution < -0.4 is 20.3 Å². The molecule has 1 heterocycles. The molecule has 172 valence electrons. The number of hydrogen-bond acceptors (Lipinski definition) is 5. The number of fused-ring (bicyclic) bond motifs is 1. The maximum atomic E-state index is 13.3. The molecule has 0 radical (unpaired) electrons. The molecule has 1 fully saturated rings. The van der Waals surface area contributed by atoms with Crippen molar-refractivity contribution in [2.45, 2.75) is 43.9 Å². The topological polar surface area (TPSA) is 90.5 Å². The zero-order valence-electron chi connectivity index (χ0n) is 18.6. The van der Waals surface area contributed by atoms with Crippen LogP contribution in [-0.2, 0) is 22.9 Å². The van der Waals surface area contributed by atoms with E-state index >= 15 is 0 Å². The van der Waals surface area contributed by atoms with Crippen LogP contribution in [0.15, 0.2) is 41.3 Å². The first kappa shape index (κ1) is 22.6. The minimum atomic E-state index is -3.79. The van der Waals surface area contributed by atoms with Crippen molar-refractivity contribution in [1.29, 1.82) is 0 Å². The normalized spacial score (nSPS) is 16.3. The van der Waals surface area contributed by atoms with Crippen LogP contribution in [0, 0.1) is 0 Å². The Labute approximate surface area is 190 Å². The number of benzene rings is 2. The second-order valence-electron chi connectivity index (χ2n) is 8.47. The molecule has 4 rings (SSSR count). The van der Waals surface area contributed by atoms with E-state index in [4.69, 9.17) is 0 Å². The van der Waals surface area contributed by atoms with Gasteiger partial charge in [0.05, 0.1) is 16.3 Å². The van der Waals surface area contributed by atoms with Crippen LogP contribution in [0.5, 0.6) is 0 Å². The molecule has 0 aromatic heterocycles. The fourth-order valence-electron chi connectivity index (χ4n) is 4.36. The quantitative estimate of drug-likeness (QED) is 0.596. The van der Waals surface area contributed by atoms with Crippen LogP contribution in [0.1, 0.15) is 47.7 Å². The van der Waals surface area contributed by atoms with Gasteiger partial charge in [0.25, 0.3) is 15.9 Å². The van der Waals surface area contributed by atoms with Gasteiger partial charge in [-0.25, -0.2) is 8.42 Å². The Bertz CT molecular complexity index is 1080. The lowest BCUT2D eigenvalue weighted by Crippen LogP contribution is -2.43. The van der Waals surface area contributed by atoms with Gasteiger partial charge >= 0.3 is 0 Å².